The second kappa shape index (κ2) is 8.05. The van der Waals surface area contributed by atoms with Crippen LogP contribution in [0.1, 0.15) is 39.5 Å². The molecule has 0 heterocycles. The normalized spacial score (nSPS) is 12.5. The van der Waals surface area contributed by atoms with E-state index in [1.165, 1.54) is 0 Å². The van der Waals surface area contributed by atoms with Gasteiger partial charge in [-0.3, -0.25) is 4.79 Å². The lowest BCUT2D eigenvalue weighted by molar-refractivity contribution is -0.121. The Bertz CT molecular complexity index is 133. The third-order valence-electron chi connectivity index (χ3n) is 2.24. The summed E-state index contributed by atoms with van der Waals surface area (Å²) in [5.41, 5.74) is 5.51. The molecular formula is C10H22N2O. The summed E-state index contributed by atoms with van der Waals surface area (Å²) in [6.45, 7) is 5.59. The number of hydrogen-bond acceptors (Lipinski definition) is 2. The van der Waals surface area contributed by atoms with Gasteiger partial charge in [0.15, 0.2) is 0 Å². The molecule has 0 saturated heterocycles. The van der Waals surface area contributed by atoms with Gasteiger partial charge in [-0.15, -0.1) is 0 Å². The monoisotopic (exact) mass is 186 g/mol. The maximum Gasteiger partial charge on any atom is 0.220 e. The molecule has 3 nitrogen and oxygen atoms in total. The molecule has 0 spiro atoms. The van der Waals surface area contributed by atoms with Crippen molar-refractivity contribution in [2.24, 2.45) is 11.7 Å². The van der Waals surface area contributed by atoms with E-state index in [2.05, 4.69) is 19.2 Å². The fourth-order valence-electron chi connectivity index (χ4n) is 1.13. The Kier molecular flexibility index (Phi) is 7.69. The molecule has 0 bridgehead atoms. The third kappa shape index (κ3) is 6.58. The smallest absolute Gasteiger partial charge is 0.220 e. The number of nitrogens with one attached hydrogen (secondary N) is 1. The molecular weight excluding hydrogens is 164 g/mol. The average molecular weight is 186 g/mol. The van der Waals surface area contributed by atoms with E-state index >= 15 is 0 Å². The molecule has 0 aliphatic rings. The summed E-state index contributed by atoms with van der Waals surface area (Å²) >= 11 is 0. The van der Waals surface area contributed by atoms with Crippen LogP contribution in [0.4, 0.5) is 0 Å². The van der Waals surface area contributed by atoms with E-state index in [-0.39, 0.29) is 5.91 Å². The summed E-state index contributed by atoms with van der Waals surface area (Å²) in [4.78, 5) is 11.3. The Morgan fingerprint density at radius 1 is 1.46 bits per heavy atom. The molecule has 3 N–H and O–H groups in total. The highest BCUT2D eigenvalue weighted by molar-refractivity contribution is 5.76. The van der Waals surface area contributed by atoms with E-state index in [0.29, 0.717) is 18.9 Å². The van der Waals surface area contributed by atoms with Crippen molar-refractivity contribution in [3.8, 4) is 0 Å². The van der Waals surface area contributed by atoms with Crippen molar-refractivity contribution < 1.29 is 4.79 Å². The SMILES string of the molecule is CCCCNC(=O)CC(CC)CN. The molecule has 13 heavy (non-hydrogen) atoms. The molecule has 1 unspecified atom stereocenters. The zero-order valence-corrected chi connectivity index (χ0v) is 8.81. The standard InChI is InChI=1S/C10H22N2O/c1-3-5-6-12-10(13)7-9(4-2)8-11/h9H,3-8,11H2,1-2H3,(H,12,13). The molecule has 0 aromatic carbocycles. The van der Waals surface area contributed by atoms with Crippen molar-refractivity contribution in [2.75, 3.05) is 13.1 Å². The molecule has 0 rings (SSSR count). The van der Waals surface area contributed by atoms with Gasteiger partial charge in [0.05, 0.1) is 0 Å². The first-order chi connectivity index (χ1) is 6.24. The predicted molar refractivity (Wildman–Crippen MR) is 55.4 cm³/mol. The summed E-state index contributed by atoms with van der Waals surface area (Å²) in [7, 11) is 0. The van der Waals surface area contributed by atoms with Crippen molar-refractivity contribution in [3.05, 3.63) is 0 Å². The van der Waals surface area contributed by atoms with Crippen LogP contribution in [0.2, 0.25) is 0 Å². The maximum absolute atomic E-state index is 11.3. The second-order valence-corrected chi connectivity index (χ2v) is 3.42. The number of hydrogen-bond donors (Lipinski definition) is 2. The minimum absolute atomic E-state index is 0.144. The van der Waals surface area contributed by atoms with E-state index in [1.54, 1.807) is 0 Å². The van der Waals surface area contributed by atoms with Crippen molar-refractivity contribution in [1.29, 1.82) is 0 Å². The number of rotatable bonds is 7. The van der Waals surface area contributed by atoms with Gasteiger partial charge in [-0.1, -0.05) is 26.7 Å². The lowest BCUT2D eigenvalue weighted by Crippen LogP contribution is -2.28. The van der Waals surface area contributed by atoms with E-state index in [4.69, 9.17) is 5.73 Å². The first-order valence-electron chi connectivity index (χ1n) is 5.21. The maximum atomic E-state index is 11.3. The lowest BCUT2D eigenvalue weighted by Gasteiger charge is -2.11. The molecule has 78 valence electrons. The number of amides is 1. The second-order valence-electron chi connectivity index (χ2n) is 3.42. The zero-order chi connectivity index (χ0) is 10.1. The highest BCUT2D eigenvalue weighted by atomic mass is 16.1. The Hall–Kier alpha value is -0.570. The summed E-state index contributed by atoms with van der Waals surface area (Å²) in [5, 5.41) is 2.89. The van der Waals surface area contributed by atoms with Crippen LogP contribution in [0.3, 0.4) is 0 Å². The quantitative estimate of drug-likeness (QED) is 0.588. The highest BCUT2D eigenvalue weighted by Crippen LogP contribution is 2.05. The average Bonchev–Trinajstić information content (AvgIpc) is 2.14. The van der Waals surface area contributed by atoms with Crippen molar-refractivity contribution >= 4 is 5.91 Å². The van der Waals surface area contributed by atoms with Gasteiger partial charge in [0.2, 0.25) is 5.91 Å². The van der Waals surface area contributed by atoms with Crippen LogP contribution in [0.25, 0.3) is 0 Å². The first-order valence-corrected chi connectivity index (χ1v) is 5.21. The Morgan fingerprint density at radius 3 is 2.62 bits per heavy atom. The summed E-state index contributed by atoms with van der Waals surface area (Å²) in [5.74, 6) is 0.493. The van der Waals surface area contributed by atoms with E-state index in [0.717, 1.165) is 25.8 Å². The van der Waals surface area contributed by atoms with Crippen molar-refractivity contribution in [3.63, 3.8) is 0 Å². The molecule has 0 radical (unpaired) electrons. The minimum atomic E-state index is 0.144. The number of carbonyl (C=O) groups is 1. The molecule has 0 aliphatic carbocycles. The number of nitrogens with two attached hydrogens (primary N) is 1. The number of carbonyl (C=O) groups excluding carboxylic acids is 1. The van der Waals surface area contributed by atoms with Gasteiger partial charge in [0.1, 0.15) is 0 Å². The topological polar surface area (TPSA) is 55.1 Å². The third-order valence-corrected chi connectivity index (χ3v) is 2.24. The molecule has 0 aromatic rings. The molecule has 3 heteroatoms. The summed E-state index contributed by atoms with van der Waals surface area (Å²) < 4.78 is 0. The van der Waals surface area contributed by atoms with Gasteiger partial charge >= 0.3 is 0 Å². The molecule has 1 atom stereocenters. The first kappa shape index (κ1) is 12.4. The Labute approximate surface area is 81.1 Å². The largest absolute Gasteiger partial charge is 0.356 e. The van der Waals surface area contributed by atoms with Gasteiger partial charge in [-0.05, 0) is 18.9 Å². The molecule has 0 aromatic heterocycles. The predicted octanol–water partition coefficient (Wildman–Crippen LogP) is 1.28. The van der Waals surface area contributed by atoms with Gasteiger partial charge in [-0.2, -0.15) is 0 Å². The van der Waals surface area contributed by atoms with Crippen molar-refractivity contribution in [2.45, 2.75) is 39.5 Å². The Balaban J connectivity index is 3.48. The van der Waals surface area contributed by atoms with Crippen LogP contribution in [0, 0.1) is 5.92 Å². The van der Waals surface area contributed by atoms with Crippen LogP contribution >= 0.6 is 0 Å². The van der Waals surface area contributed by atoms with E-state index in [1.807, 2.05) is 0 Å². The fourth-order valence-corrected chi connectivity index (χ4v) is 1.13. The van der Waals surface area contributed by atoms with Gasteiger partial charge in [0, 0.05) is 13.0 Å². The molecule has 0 saturated carbocycles. The Morgan fingerprint density at radius 2 is 2.15 bits per heavy atom. The van der Waals surface area contributed by atoms with Crippen LogP contribution < -0.4 is 11.1 Å². The van der Waals surface area contributed by atoms with Gasteiger partial charge in [-0.25, -0.2) is 0 Å². The lowest BCUT2D eigenvalue weighted by atomic mass is 10.0. The molecule has 0 fully saturated rings. The molecule has 0 aliphatic heterocycles. The van der Waals surface area contributed by atoms with Crippen LogP contribution in [-0.4, -0.2) is 19.0 Å². The summed E-state index contributed by atoms with van der Waals surface area (Å²) in [6, 6.07) is 0. The van der Waals surface area contributed by atoms with Crippen LogP contribution in [-0.2, 0) is 4.79 Å². The van der Waals surface area contributed by atoms with E-state index in [9.17, 15) is 4.79 Å². The van der Waals surface area contributed by atoms with Gasteiger partial charge < -0.3 is 11.1 Å². The molecule has 1 amide bonds. The minimum Gasteiger partial charge on any atom is -0.356 e. The zero-order valence-electron chi connectivity index (χ0n) is 8.81. The van der Waals surface area contributed by atoms with Crippen LogP contribution in [0.15, 0.2) is 0 Å². The summed E-state index contributed by atoms with van der Waals surface area (Å²) in [6.07, 6.45) is 3.74. The highest BCUT2D eigenvalue weighted by Gasteiger charge is 2.09. The van der Waals surface area contributed by atoms with E-state index < -0.39 is 0 Å². The van der Waals surface area contributed by atoms with Crippen LogP contribution in [0.5, 0.6) is 0 Å². The number of unbranched alkanes of at least 4 members (excludes halogenated alkanes) is 1. The van der Waals surface area contributed by atoms with Crippen molar-refractivity contribution in [1.82, 2.24) is 5.32 Å². The van der Waals surface area contributed by atoms with Gasteiger partial charge in [0.25, 0.3) is 0 Å². The fraction of sp³-hybridized carbons (Fsp3) is 0.900.